The fourth-order valence-corrected chi connectivity index (χ4v) is 2.23. The van der Waals surface area contributed by atoms with Crippen LogP contribution >= 0.6 is 15.9 Å². The topological polar surface area (TPSA) is 12.0 Å². The average Bonchev–Trinajstić information content (AvgIpc) is 2.40. The molecule has 2 rings (SSSR count). The van der Waals surface area contributed by atoms with E-state index in [9.17, 15) is 0 Å². The van der Waals surface area contributed by atoms with Crippen LogP contribution in [0.5, 0.6) is 0 Å². The predicted octanol–water partition coefficient (Wildman–Crippen LogP) is 4.25. The molecule has 0 saturated carbocycles. The zero-order valence-corrected chi connectivity index (χ0v) is 11.8. The molecule has 0 spiro atoms. The molecule has 0 saturated heterocycles. The average molecular weight is 302 g/mol. The molecule has 0 radical (unpaired) electrons. The van der Waals surface area contributed by atoms with Crippen LogP contribution in [0.2, 0.25) is 0 Å². The molecule has 1 nitrogen and oxygen atoms in total. The minimum absolute atomic E-state index is 0.802. The van der Waals surface area contributed by atoms with Crippen LogP contribution in [0.1, 0.15) is 11.1 Å². The van der Waals surface area contributed by atoms with E-state index < -0.39 is 0 Å². The Bertz CT molecular complexity index is 520. The molecule has 0 aliphatic carbocycles. The normalized spacial score (nSPS) is 10.3. The summed E-state index contributed by atoms with van der Waals surface area (Å²) in [5.74, 6) is 0. The van der Waals surface area contributed by atoms with Crippen LogP contribution in [0, 0.1) is 0 Å². The van der Waals surface area contributed by atoms with E-state index in [2.05, 4.69) is 52.1 Å². The number of benzene rings is 2. The van der Waals surface area contributed by atoms with E-state index >= 15 is 0 Å². The lowest BCUT2D eigenvalue weighted by molar-refractivity contribution is 0.768. The number of halogens is 1. The third-order valence-corrected chi connectivity index (χ3v) is 3.23. The number of hydrogen-bond donors (Lipinski definition) is 1. The van der Waals surface area contributed by atoms with Gasteiger partial charge in [0.05, 0.1) is 0 Å². The SMILES string of the molecule is C=C(CNCc1cccc(Br)c1)c1ccccc1. The summed E-state index contributed by atoms with van der Waals surface area (Å²) in [5, 5.41) is 3.41. The summed E-state index contributed by atoms with van der Waals surface area (Å²) in [6, 6.07) is 18.6. The zero-order valence-electron chi connectivity index (χ0n) is 10.2. The second-order valence-electron chi connectivity index (χ2n) is 4.20. The van der Waals surface area contributed by atoms with E-state index in [1.54, 1.807) is 0 Å². The maximum atomic E-state index is 4.10. The van der Waals surface area contributed by atoms with Crippen LogP contribution < -0.4 is 5.32 Å². The second-order valence-corrected chi connectivity index (χ2v) is 5.12. The van der Waals surface area contributed by atoms with Gasteiger partial charge in [0.2, 0.25) is 0 Å². The van der Waals surface area contributed by atoms with Crippen molar-refractivity contribution in [3.8, 4) is 0 Å². The second kappa shape index (κ2) is 6.53. The van der Waals surface area contributed by atoms with Gasteiger partial charge in [0.15, 0.2) is 0 Å². The summed E-state index contributed by atoms with van der Waals surface area (Å²) in [4.78, 5) is 0. The summed E-state index contributed by atoms with van der Waals surface area (Å²) in [6.07, 6.45) is 0. The zero-order chi connectivity index (χ0) is 12.8. The van der Waals surface area contributed by atoms with Crippen LogP contribution in [0.4, 0.5) is 0 Å². The molecular weight excluding hydrogens is 286 g/mol. The fourth-order valence-electron chi connectivity index (χ4n) is 1.78. The van der Waals surface area contributed by atoms with Crippen molar-refractivity contribution in [3.05, 3.63) is 76.8 Å². The number of hydrogen-bond acceptors (Lipinski definition) is 1. The van der Waals surface area contributed by atoms with Crippen molar-refractivity contribution in [3.63, 3.8) is 0 Å². The van der Waals surface area contributed by atoms with Crippen molar-refractivity contribution >= 4 is 21.5 Å². The highest BCUT2D eigenvalue weighted by molar-refractivity contribution is 9.10. The first kappa shape index (κ1) is 13.1. The molecule has 1 N–H and O–H groups in total. The molecule has 0 aromatic heterocycles. The Hall–Kier alpha value is -1.38. The van der Waals surface area contributed by atoms with Gasteiger partial charge in [-0.2, -0.15) is 0 Å². The van der Waals surface area contributed by atoms with Crippen LogP contribution in [0.3, 0.4) is 0 Å². The van der Waals surface area contributed by atoms with Crippen molar-refractivity contribution in [2.24, 2.45) is 0 Å². The van der Waals surface area contributed by atoms with Gasteiger partial charge in [-0.25, -0.2) is 0 Å². The standard InChI is InChI=1S/C16H16BrN/c1-13(15-7-3-2-4-8-15)11-18-12-14-6-5-9-16(17)10-14/h2-10,18H,1,11-12H2. The van der Waals surface area contributed by atoms with Gasteiger partial charge >= 0.3 is 0 Å². The summed E-state index contributed by atoms with van der Waals surface area (Å²) in [6.45, 7) is 5.76. The minimum atomic E-state index is 0.802. The Kier molecular flexibility index (Phi) is 4.73. The molecule has 2 aromatic carbocycles. The van der Waals surface area contributed by atoms with E-state index in [4.69, 9.17) is 0 Å². The van der Waals surface area contributed by atoms with Gasteiger partial charge in [-0.15, -0.1) is 0 Å². The molecular formula is C16H16BrN. The maximum Gasteiger partial charge on any atom is 0.0209 e. The molecule has 2 aromatic rings. The third kappa shape index (κ3) is 3.83. The van der Waals surface area contributed by atoms with Crippen molar-refractivity contribution < 1.29 is 0 Å². The van der Waals surface area contributed by atoms with Crippen molar-refractivity contribution in [1.82, 2.24) is 5.32 Å². The van der Waals surface area contributed by atoms with Crippen LogP contribution in [0.15, 0.2) is 65.6 Å². The number of rotatable bonds is 5. The highest BCUT2D eigenvalue weighted by Gasteiger charge is 1.98. The first-order chi connectivity index (χ1) is 8.75. The molecule has 18 heavy (non-hydrogen) atoms. The summed E-state index contributed by atoms with van der Waals surface area (Å²) >= 11 is 3.47. The van der Waals surface area contributed by atoms with Gasteiger partial charge in [0, 0.05) is 17.6 Å². The molecule has 0 aliphatic rings. The summed E-state index contributed by atoms with van der Waals surface area (Å²) in [7, 11) is 0. The number of nitrogens with one attached hydrogen (secondary N) is 1. The molecule has 2 heteroatoms. The lowest BCUT2D eigenvalue weighted by Gasteiger charge is -2.08. The van der Waals surface area contributed by atoms with Gasteiger partial charge in [-0.05, 0) is 28.8 Å². The first-order valence-corrected chi connectivity index (χ1v) is 6.73. The molecule has 0 atom stereocenters. The minimum Gasteiger partial charge on any atom is -0.309 e. The molecule has 92 valence electrons. The Morgan fingerprint density at radius 3 is 2.56 bits per heavy atom. The Balaban J connectivity index is 1.84. The monoisotopic (exact) mass is 301 g/mol. The van der Waals surface area contributed by atoms with Crippen LogP contribution in [-0.2, 0) is 6.54 Å². The summed E-state index contributed by atoms with van der Waals surface area (Å²) in [5.41, 5.74) is 3.58. The largest absolute Gasteiger partial charge is 0.309 e. The predicted molar refractivity (Wildman–Crippen MR) is 81.3 cm³/mol. The van der Waals surface area contributed by atoms with E-state index in [0.717, 1.165) is 23.1 Å². The molecule has 0 unspecified atom stereocenters. The van der Waals surface area contributed by atoms with Gasteiger partial charge in [0.25, 0.3) is 0 Å². The highest BCUT2D eigenvalue weighted by atomic mass is 79.9. The van der Waals surface area contributed by atoms with E-state index in [0.29, 0.717) is 0 Å². The maximum absolute atomic E-state index is 4.10. The fraction of sp³-hybridized carbons (Fsp3) is 0.125. The third-order valence-electron chi connectivity index (χ3n) is 2.74. The van der Waals surface area contributed by atoms with Gasteiger partial charge in [-0.3, -0.25) is 0 Å². The first-order valence-electron chi connectivity index (χ1n) is 5.94. The molecule has 0 fully saturated rings. The smallest absolute Gasteiger partial charge is 0.0209 e. The Labute approximate surface area is 117 Å². The quantitative estimate of drug-likeness (QED) is 0.870. The van der Waals surface area contributed by atoms with Crippen LogP contribution in [0.25, 0.3) is 5.57 Å². The van der Waals surface area contributed by atoms with Gasteiger partial charge in [-0.1, -0.05) is 65.0 Å². The lowest BCUT2D eigenvalue weighted by atomic mass is 10.1. The van der Waals surface area contributed by atoms with E-state index in [-0.39, 0.29) is 0 Å². The van der Waals surface area contributed by atoms with Crippen LogP contribution in [-0.4, -0.2) is 6.54 Å². The molecule has 0 heterocycles. The van der Waals surface area contributed by atoms with Crippen molar-refractivity contribution in [2.75, 3.05) is 6.54 Å². The molecule has 0 aliphatic heterocycles. The van der Waals surface area contributed by atoms with Gasteiger partial charge < -0.3 is 5.32 Å². The molecule has 0 amide bonds. The Morgan fingerprint density at radius 2 is 1.83 bits per heavy atom. The highest BCUT2D eigenvalue weighted by Crippen LogP contribution is 2.13. The van der Waals surface area contributed by atoms with E-state index in [1.165, 1.54) is 11.1 Å². The lowest BCUT2D eigenvalue weighted by Crippen LogP contribution is -2.15. The van der Waals surface area contributed by atoms with Gasteiger partial charge in [0.1, 0.15) is 0 Å². The Morgan fingerprint density at radius 1 is 1.06 bits per heavy atom. The molecule has 0 bridgehead atoms. The van der Waals surface area contributed by atoms with Crippen molar-refractivity contribution in [2.45, 2.75) is 6.54 Å². The van der Waals surface area contributed by atoms with Crippen molar-refractivity contribution in [1.29, 1.82) is 0 Å². The van der Waals surface area contributed by atoms with E-state index in [1.807, 2.05) is 30.3 Å². The summed E-state index contributed by atoms with van der Waals surface area (Å²) < 4.78 is 1.11.